The second kappa shape index (κ2) is 9.50. The lowest BCUT2D eigenvalue weighted by molar-refractivity contribution is -0.113. The summed E-state index contributed by atoms with van der Waals surface area (Å²) < 4.78 is 1.51. The zero-order valence-corrected chi connectivity index (χ0v) is 16.2. The van der Waals surface area contributed by atoms with Crippen LogP contribution in [-0.2, 0) is 11.8 Å². The first-order valence-corrected chi connectivity index (χ1v) is 10.1. The van der Waals surface area contributed by atoms with Crippen LogP contribution in [0.5, 0.6) is 0 Å². The van der Waals surface area contributed by atoms with Crippen LogP contribution in [-0.4, -0.2) is 44.3 Å². The van der Waals surface area contributed by atoms with E-state index in [-0.39, 0.29) is 17.6 Å². The molecule has 0 radical (unpaired) electrons. The highest BCUT2D eigenvalue weighted by atomic mass is 32.2. The van der Waals surface area contributed by atoms with E-state index < -0.39 is 0 Å². The summed E-state index contributed by atoms with van der Waals surface area (Å²) in [5, 5.41) is 17.5. The van der Waals surface area contributed by atoms with Crippen molar-refractivity contribution in [2.24, 2.45) is 13.0 Å². The monoisotopic (exact) mass is 388 g/mol. The second-order valence-corrected chi connectivity index (χ2v) is 7.66. The van der Waals surface area contributed by atoms with E-state index in [1.165, 1.54) is 48.5 Å². The van der Waals surface area contributed by atoms with Crippen molar-refractivity contribution in [3.05, 3.63) is 29.8 Å². The molecule has 9 heteroatoms. The average molecular weight is 388 g/mol. The van der Waals surface area contributed by atoms with E-state index in [0.29, 0.717) is 22.3 Å². The van der Waals surface area contributed by atoms with Crippen LogP contribution in [0, 0.1) is 5.92 Å². The van der Waals surface area contributed by atoms with E-state index in [2.05, 4.69) is 26.2 Å². The maximum absolute atomic E-state index is 12.3. The van der Waals surface area contributed by atoms with Crippen molar-refractivity contribution in [3.8, 4) is 0 Å². The van der Waals surface area contributed by atoms with E-state index >= 15 is 0 Å². The number of hydrogen-bond donors (Lipinski definition) is 2. The number of amides is 2. The Morgan fingerprint density at radius 1 is 1.19 bits per heavy atom. The number of benzene rings is 1. The van der Waals surface area contributed by atoms with Gasteiger partial charge in [-0.15, -0.1) is 5.10 Å². The van der Waals surface area contributed by atoms with Gasteiger partial charge in [0.05, 0.1) is 5.75 Å². The molecule has 2 N–H and O–H groups in total. The van der Waals surface area contributed by atoms with Crippen molar-refractivity contribution < 1.29 is 9.59 Å². The van der Waals surface area contributed by atoms with Crippen LogP contribution in [0.3, 0.4) is 0 Å². The lowest BCUT2D eigenvalue weighted by Gasteiger charge is -2.21. The van der Waals surface area contributed by atoms with Gasteiger partial charge in [0.15, 0.2) is 0 Å². The van der Waals surface area contributed by atoms with Gasteiger partial charge >= 0.3 is 0 Å². The number of aryl methyl sites for hydroxylation is 1. The topological polar surface area (TPSA) is 102 Å². The summed E-state index contributed by atoms with van der Waals surface area (Å²) in [5.41, 5.74) is 1.25. The van der Waals surface area contributed by atoms with Gasteiger partial charge in [0, 0.05) is 24.8 Å². The number of tetrazole rings is 1. The van der Waals surface area contributed by atoms with Crippen LogP contribution in [0.1, 0.15) is 42.5 Å². The Labute approximate surface area is 162 Å². The highest BCUT2D eigenvalue weighted by Gasteiger charge is 2.15. The van der Waals surface area contributed by atoms with Gasteiger partial charge in [-0.2, -0.15) is 0 Å². The van der Waals surface area contributed by atoms with Gasteiger partial charge in [0.1, 0.15) is 0 Å². The van der Waals surface area contributed by atoms with E-state index in [1.54, 1.807) is 31.3 Å². The molecule has 0 bridgehead atoms. The van der Waals surface area contributed by atoms with Crippen molar-refractivity contribution in [2.75, 3.05) is 17.6 Å². The van der Waals surface area contributed by atoms with Gasteiger partial charge in [-0.25, -0.2) is 4.68 Å². The molecule has 1 aromatic carbocycles. The minimum Gasteiger partial charge on any atom is -0.352 e. The van der Waals surface area contributed by atoms with Crippen molar-refractivity contribution in [3.63, 3.8) is 0 Å². The average Bonchev–Trinajstić information content (AvgIpc) is 3.11. The van der Waals surface area contributed by atoms with Gasteiger partial charge in [-0.1, -0.05) is 31.0 Å². The Kier molecular flexibility index (Phi) is 6.80. The fourth-order valence-electron chi connectivity index (χ4n) is 3.11. The lowest BCUT2D eigenvalue weighted by atomic mass is 9.89. The van der Waals surface area contributed by atoms with Crippen LogP contribution in [0.2, 0.25) is 0 Å². The summed E-state index contributed by atoms with van der Waals surface area (Å²) in [4.78, 5) is 24.3. The van der Waals surface area contributed by atoms with Gasteiger partial charge in [-0.3, -0.25) is 9.59 Å². The second-order valence-electron chi connectivity index (χ2n) is 6.71. The molecular formula is C18H24N6O2S. The number of carbonyl (C=O) groups excluding carboxylic acids is 2. The number of nitrogens with one attached hydrogen (secondary N) is 2. The molecule has 1 aliphatic carbocycles. The Balaban J connectivity index is 1.44. The maximum Gasteiger partial charge on any atom is 0.251 e. The molecule has 1 aliphatic rings. The zero-order chi connectivity index (χ0) is 19.1. The molecular weight excluding hydrogens is 364 g/mol. The number of hydrogen-bond acceptors (Lipinski definition) is 6. The minimum atomic E-state index is -0.155. The molecule has 1 fully saturated rings. The summed E-state index contributed by atoms with van der Waals surface area (Å²) in [7, 11) is 1.72. The van der Waals surface area contributed by atoms with E-state index in [9.17, 15) is 9.59 Å². The third-order valence-corrected chi connectivity index (χ3v) is 5.63. The molecule has 8 nitrogen and oxygen atoms in total. The predicted molar refractivity (Wildman–Crippen MR) is 104 cm³/mol. The number of nitrogens with zero attached hydrogens (tertiary/aromatic N) is 4. The Bertz CT molecular complexity index is 770. The number of anilines is 1. The molecule has 2 aromatic rings. The van der Waals surface area contributed by atoms with Gasteiger partial charge in [0.25, 0.3) is 5.91 Å². The smallest absolute Gasteiger partial charge is 0.251 e. The van der Waals surface area contributed by atoms with Crippen LogP contribution in [0.4, 0.5) is 5.69 Å². The van der Waals surface area contributed by atoms with E-state index in [4.69, 9.17) is 0 Å². The summed E-state index contributed by atoms with van der Waals surface area (Å²) in [6.07, 6.45) is 6.24. The van der Waals surface area contributed by atoms with Gasteiger partial charge < -0.3 is 10.6 Å². The first kappa shape index (κ1) is 19.3. The molecule has 0 spiro atoms. The van der Waals surface area contributed by atoms with Crippen molar-refractivity contribution >= 4 is 29.3 Å². The molecule has 3 rings (SSSR count). The normalized spacial score (nSPS) is 14.7. The highest BCUT2D eigenvalue weighted by molar-refractivity contribution is 7.99. The predicted octanol–water partition coefficient (Wildman–Crippen LogP) is 2.25. The van der Waals surface area contributed by atoms with Crippen molar-refractivity contribution in [1.82, 2.24) is 25.5 Å². The third kappa shape index (κ3) is 5.78. The molecule has 0 aliphatic heterocycles. The molecule has 27 heavy (non-hydrogen) atoms. The van der Waals surface area contributed by atoms with Gasteiger partial charge in [0.2, 0.25) is 11.1 Å². The van der Waals surface area contributed by atoms with Crippen LogP contribution >= 0.6 is 11.8 Å². The Morgan fingerprint density at radius 3 is 2.59 bits per heavy atom. The summed E-state index contributed by atoms with van der Waals surface area (Å²) in [6.45, 7) is 0.742. The summed E-state index contributed by atoms with van der Waals surface area (Å²) in [6, 6.07) is 6.93. The molecule has 1 heterocycles. The number of rotatable bonds is 7. The van der Waals surface area contributed by atoms with Crippen LogP contribution in [0.15, 0.2) is 29.4 Å². The molecule has 144 valence electrons. The SMILES string of the molecule is Cn1nnnc1SCC(=O)Nc1ccc(C(=O)NCC2CCCCC2)cc1. The maximum atomic E-state index is 12.3. The molecule has 1 saturated carbocycles. The van der Waals surface area contributed by atoms with Crippen LogP contribution in [0.25, 0.3) is 0 Å². The first-order valence-electron chi connectivity index (χ1n) is 9.15. The first-order chi connectivity index (χ1) is 13.1. The number of aromatic nitrogens is 4. The Hall–Kier alpha value is -2.42. The molecule has 2 amide bonds. The zero-order valence-electron chi connectivity index (χ0n) is 15.4. The Morgan fingerprint density at radius 2 is 1.93 bits per heavy atom. The van der Waals surface area contributed by atoms with Gasteiger partial charge in [-0.05, 0) is 53.5 Å². The third-order valence-electron chi connectivity index (χ3n) is 4.62. The van der Waals surface area contributed by atoms with E-state index in [1.807, 2.05) is 0 Å². The minimum absolute atomic E-state index is 0.0659. The summed E-state index contributed by atoms with van der Waals surface area (Å²) >= 11 is 1.26. The fourth-order valence-corrected chi connectivity index (χ4v) is 3.76. The largest absolute Gasteiger partial charge is 0.352 e. The number of carbonyl (C=O) groups is 2. The van der Waals surface area contributed by atoms with Crippen molar-refractivity contribution in [2.45, 2.75) is 37.3 Å². The van der Waals surface area contributed by atoms with E-state index in [0.717, 1.165) is 6.54 Å². The molecule has 1 aromatic heterocycles. The molecule has 0 unspecified atom stereocenters. The summed E-state index contributed by atoms with van der Waals surface area (Å²) in [5.74, 6) is 0.585. The number of thioether (sulfide) groups is 1. The molecule has 0 saturated heterocycles. The molecule has 0 atom stereocenters. The quantitative estimate of drug-likeness (QED) is 0.706. The standard InChI is InChI=1S/C18H24N6O2S/c1-24-18(21-22-23-24)27-12-16(25)20-15-9-7-14(8-10-15)17(26)19-11-13-5-3-2-4-6-13/h7-10,13H,2-6,11-12H2,1H3,(H,19,26)(H,20,25). The lowest BCUT2D eigenvalue weighted by Crippen LogP contribution is -2.30. The van der Waals surface area contributed by atoms with Crippen LogP contribution < -0.4 is 10.6 Å². The highest BCUT2D eigenvalue weighted by Crippen LogP contribution is 2.23. The van der Waals surface area contributed by atoms with Crippen molar-refractivity contribution in [1.29, 1.82) is 0 Å². The fraction of sp³-hybridized carbons (Fsp3) is 0.500.